The summed E-state index contributed by atoms with van der Waals surface area (Å²) in [6.45, 7) is 4.37. The van der Waals surface area contributed by atoms with E-state index in [1.807, 2.05) is 23.1 Å². The summed E-state index contributed by atoms with van der Waals surface area (Å²) in [5.41, 5.74) is 0.687. The van der Waals surface area contributed by atoms with Gasteiger partial charge in [-0.05, 0) is 47.0 Å². The van der Waals surface area contributed by atoms with E-state index in [1.165, 1.54) is 12.8 Å². The van der Waals surface area contributed by atoms with Gasteiger partial charge < -0.3 is 9.64 Å². The van der Waals surface area contributed by atoms with Gasteiger partial charge in [-0.15, -0.1) is 6.58 Å². The van der Waals surface area contributed by atoms with Crippen molar-refractivity contribution >= 4 is 21.8 Å². The van der Waals surface area contributed by atoms with Crippen molar-refractivity contribution in [2.75, 3.05) is 13.7 Å². The summed E-state index contributed by atoms with van der Waals surface area (Å²) < 4.78 is 6.00. The molecule has 1 aliphatic rings. The summed E-state index contributed by atoms with van der Waals surface area (Å²) in [7, 11) is 1.62. The molecule has 4 heteroatoms. The maximum absolute atomic E-state index is 12.7. The molecule has 0 atom stereocenters. The van der Waals surface area contributed by atoms with E-state index in [0.717, 1.165) is 23.1 Å². The third-order valence-corrected chi connectivity index (χ3v) is 4.37. The minimum absolute atomic E-state index is 0.0696. The molecule has 0 unspecified atom stereocenters. The van der Waals surface area contributed by atoms with Crippen molar-refractivity contribution in [1.29, 1.82) is 0 Å². The van der Waals surface area contributed by atoms with Gasteiger partial charge in [0.15, 0.2) is 0 Å². The first-order chi connectivity index (χ1) is 9.67. The van der Waals surface area contributed by atoms with E-state index >= 15 is 0 Å². The van der Waals surface area contributed by atoms with Gasteiger partial charge in [0.05, 0.1) is 11.6 Å². The van der Waals surface area contributed by atoms with Crippen LogP contribution in [-0.4, -0.2) is 30.5 Å². The Balaban J connectivity index is 2.22. The van der Waals surface area contributed by atoms with Crippen LogP contribution in [0.25, 0.3) is 0 Å². The Morgan fingerprint density at radius 3 is 2.75 bits per heavy atom. The average Bonchev–Trinajstić information content (AvgIpc) is 2.97. The molecule has 0 spiro atoms. The first-order valence-electron chi connectivity index (χ1n) is 6.92. The first kappa shape index (κ1) is 15.1. The fourth-order valence-corrected chi connectivity index (χ4v) is 3.26. The highest BCUT2D eigenvalue weighted by Gasteiger charge is 2.26. The van der Waals surface area contributed by atoms with Crippen LogP contribution >= 0.6 is 15.9 Å². The Bertz CT molecular complexity index is 495. The quantitative estimate of drug-likeness (QED) is 0.759. The number of ether oxygens (including phenoxy) is 1. The van der Waals surface area contributed by atoms with E-state index in [2.05, 4.69) is 22.5 Å². The van der Waals surface area contributed by atoms with Gasteiger partial charge in [-0.3, -0.25) is 4.79 Å². The van der Waals surface area contributed by atoms with Gasteiger partial charge >= 0.3 is 0 Å². The van der Waals surface area contributed by atoms with Crippen molar-refractivity contribution in [3.63, 3.8) is 0 Å². The molecule has 1 amide bonds. The zero-order valence-corrected chi connectivity index (χ0v) is 13.4. The van der Waals surface area contributed by atoms with Crippen molar-refractivity contribution in [3.8, 4) is 5.75 Å². The second kappa shape index (κ2) is 6.93. The van der Waals surface area contributed by atoms with Crippen molar-refractivity contribution < 1.29 is 9.53 Å². The predicted molar refractivity (Wildman–Crippen MR) is 84.2 cm³/mol. The topological polar surface area (TPSA) is 29.5 Å². The molecular weight excluding hydrogens is 318 g/mol. The molecule has 0 bridgehead atoms. The molecular formula is C16H20BrNO2. The van der Waals surface area contributed by atoms with Crippen LogP contribution < -0.4 is 4.74 Å². The number of carbonyl (C=O) groups excluding carboxylic acids is 1. The minimum Gasteiger partial charge on any atom is -0.496 e. The van der Waals surface area contributed by atoms with E-state index in [9.17, 15) is 4.79 Å². The molecule has 20 heavy (non-hydrogen) atoms. The van der Waals surface area contributed by atoms with E-state index in [4.69, 9.17) is 4.74 Å². The number of carbonyl (C=O) groups is 1. The molecule has 0 radical (unpaired) electrons. The number of hydrogen-bond donors (Lipinski definition) is 0. The Kier molecular flexibility index (Phi) is 5.24. The average molecular weight is 338 g/mol. The van der Waals surface area contributed by atoms with Crippen molar-refractivity contribution in [3.05, 3.63) is 40.9 Å². The molecule has 1 fully saturated rings. The number of benzene rings is 1. The van der Waals surface area contributed by atoms with E-state index < -0.39 is 0 Å². The number of methoxy groups -OCH3 is 1. The monoisotopic (exact) mass is 337 g/mol. The molecule has 108 valence electrons. The lowest BCUT2D eigenvalue weighted by Gasteiger charge is -2.28. The number of amides is 1. The lowest BCUT2D eigenvalue weighted by molar-refractivity contribution is 0.0706. The standard InChI is InChI=1S/C16H20BrNO2/c1-3-10-18(13-6-4-5-7-13)16(19)12-8-9-15(20-2)14(17)11-12/h3,8-9,11,13H,1,4-7,10H2,2H3. The zero-order valence-electron chi connectivity index (χ0n) is 11.8. The van der Waals surface area contributed by atoms with Crippen molar-refractivity contribution in [1.82, 2.24) is 4.90 Å². The molecule has 1 saturated carbocycles. The summed E-state index contributed by atoms with van der Waals surface area (Å²) in [5.74, 6) is 0.804. The Morgan fingerprint density at radius 1 is 1.50 bits per heavy atom. The maximum Gasteiger partial charge on any atom is 0.254 e. The van der Waals surface area contributed by atoms with E-state index in [-0.39, 0.29) is 5.91 Å². The number of hydrogen-bond acceptors (Lipinski definition) is 2. The smallest absolute Gasteiger partial charge is 0.254 e. The molecule has 1 aliphatic carbocycles. The van der Waals surface area contributed by atoms with Crippen LogP contribution in [0.5, 0.6) is 5.75 Å². The number of halogens is 1. The minimum atomic E-state index is 0.0696. The van der Waals surface area contributed by atoms with Crippen LogP contribution in [0, 0.1) is 0 Å². The van der Waals surface area contributed by atoms with Crippen molar-refractivity contribution in [2.24, 2.45) is 0 Å². The Morgan fingerprint density at radius 2 is 2.20 bits per heavy atom. The van der Waals surface area contributed by atoms with Gasteiger partial charge in [0.25, 0.3) is 5.91 Å². The third-order valence-electron chi connectivity index (χ3n) is 3.75. The maximum atomic E-state index is 12.7. The zero-order chi connectivity index (χ0) is 14.5. The molecule has 1 aromatic carbocycles. The molecule has 0 saturated heterocycles. The highest BCUT2D eigenvalue weighted by Crippen LogP contribution is 2.28. The van der Waals surface area contributed by atoms with Gasteiger partial charge in [-0.1, -0.05) is 18.9 Å². The van der Waals surface area contributed by atoms with Gasteiger partial charge in [0.2, 0.25) is 0 Å². The van der Waals surface area contributed by atoms with Crippen LogP contribution in [0.4, 0.5) is 0 Å². The SMILES string of the molecule is C=CCN(C(=O)c1ccc(OC)c(Br)c1)C1CCCC1. The summed E-state index contributed by atoms with van der Waals surface area (Å²) in [6, 6.07) is 5.81. The predicted octanol–water partition coefficient (Wildman–Crippen LogP) is 4.03. The molecule has 0 N–H and O–H groups in total. The molecule has 0 aliphatic heterocycles. The van der Waals surface area contributed by atoms with Crippen LogP contribution in [0.1, 0.15) is 36.0 Å². The van der Waals surface area contributed by atoms with E-state index in [1.54, 1.807) is 13.2 Å². The Hall–Kier alpha value is -1.29. The summed E-state index contributed by atoms with van der Waals surface area (Å²) >= 11 is 3.43. The summed E-state index contributed by atoms with van der Waals surface area (Å²) in [5, 5.41) is 0. The van der Waals surface area contributed by atoms with Gasteiger partial charge in [-0.2, -0.15) is 0 Å². The fourth-order valence-electron chi connectivity index (χ4n) is 2.72. The second-order valence-electron chi connectivity index (χ2n) is 5.03. The molecule has 0 aromatic heterocycles. The van der Waals surface area contributed by atoms with Crippen LogP contribution in [0.15, 0.2) is 35.3 Å². The summed E-state index contributed by atoms with van der Waals surface area (Å²) in [6.07, 6.45) is 6.40. The van der Waals surface area contributed by atoms with Gasteiger partial charge in [0.1, 0.15) is 5.75 Å². The first-order valence-corrected chi connectivity index (χ1v) is 7.72. The van der Waals surface area contributed by atoms with Crippen molar-refractivity contribution in [2.45, 2.75) is 31.7 Å². The fraction of sp³-hybridized carbons (Fsp3) is 0.438. The Labute approximate surface area is 128 Å². The normalized spacial score (nSPS) is 15.1. The van der Waals surface area contributed by atoms with Gasteiger partial charge in [0, 0.05) is 18.2 Å². The molecule has 3 nitrogen and oxygen atoms in total. The lowest BCUT2D eigenvalue weighted by atomic mass is 10.1. The van der Waals surface area contributed by atoms with Gasteiger partial charge in [-0.25, -0.2) is 0 Å². The lowest BCUT2D eigenvalue weighted by Crippen LogP contribution is -2.38. The number of nitrogens with zero attached hydrogens (tertiary/aromatic N) is 1. The van der Waals surface area contributed by atoms with E-state index in [0.29, 0.717) is 18.2 Å². The summed E-state index contributed by atoms with van der Waals surface area (Å²) in [4.78, 5) is 14.6. The van der Waals surface area contributed by atoms with Crippen LogP contribution in [0.3, 0.4) is 0 Å². The second-order valence-corrected chi connectivity index (χ2v) is 5.89. The number of rotatable bonds is 5. The van der Waals surface area contributed by atoms with Crippen LogP contribution in [0.2, 0.25) is 0 Å². The third kappa shape index (κ3) is 3.23. The highest BCUT2D eigenvalue weighted by molar-refractivity contribution is 9.10. The molecule has 1 aromatic rings. The molecule has 2 rings (SSSR count). The molecule has 0 heterocycles. The van der Waals surface area contributed by atoms with Crippen LogP contribution in [-0.2, 0) is 0 Å². The highest BCUT2D eigenvalue weighted by atomic mass is 79.9. The largest absolute Gasteiger partial charge is 0.496 e.